The Balaban J connectivity index is -0.00000000533. The summed E-state index contributed by atoms with van der Waals surface area (Å²) < 4.78 is 8.55. The smallest absolute Gasteiger partial charge is 0.822 e. The predicted octanol–water partition coefficient (Wildman–Crippen LogP) is -6.95. The van der Waals surface area contributed by atoms with Crippen LogP contribution in [0.2, 0.25) is 0 Å². The van der Waals surface area contributed by atoms with Crippen molar-refractivity contribution < 1.29 is 88.4 Å². The summed E-state index contributed by atoms with van der Waals surface area (Å²) in [7, 11) is -5.39. The first-order valence-corrected chi connectivity index (χ1v) is 2.19. The Morgan fingerprint density at radius 2 is 0.727 bits per heavy atom. The van der Waals surface area contributed by atoms with E-state index >= 15 is 0 Å². The standard InChI is InChI=1S/Ce.H3O4P.5H2O/c;1-5(2,3)4;;;;;/h;(H3,1,2,3,4);5*1H2/q+3;;;;;;/p-3. The maximum absolute atomic E-state index is 8.55. The molecule has 10 N–H and O–H groups in total. The summed E-state index contributed by atoms with van der Waals surface area (Å²) in [5.41, 5.74) is 0. The molecule has 0 aromatic heterocycles. The van der Waals surface area contributed by atoms with Gasteiger partial charge in [0.1, 0.15) is 0 Å². The molecule has 9 nitrogen and oxygen atoms in total. The predicted molar refractivity (Wildman–Crippen MR) is 25.7 cm³/mol. The molecule has 0 bridgehead atoms. The zero-order chi connectivity index (χ0) is 4.50. The Hall–Kier alpha value is 1.29. The normalized spacial score (nSPS) is 5.36. The van der Waals surface area contributed by atoms with E-state index in [1.54, 1.807) is 0 Å². The maximum Gasteiger partial charge on any atom is 3.00 e. The molecule has 0 amide bonds. The molecule has 0 heterocycles. The number of hydrogen-bond donors (Lipinski definition) is 0. The van der Waals surface area contributed by atoms with Crippen molar-refractivity contribution in [1.29, 1.82) is 0 Å². The van der Waals surface area contributed by atoms with Gasteiger partial charge in [-0.15, -0.1) is 0 Å². The van der Waals surface area contributed by atoms with Gasteiger partial charge in [-0.05, 0) is 0 Å². The molecule has 0 rings (SSSR count). The average Bonchev–Trinajstić information content (AvgIpc) is 0.722. The fraction of sp³-hybridized carbons (Fsp3) is 0. The summed E-state index contributed by atoms with van der Waals surface area (Å²) >= 11 is 0. The molecule has 0 aliphatic heterocycles. The molecular formula is H10CeO9P. The van der Waals surface area contributed by atoms with Crippen molar-refractivity contribution in [3.05, 3.63) is 0 Å². The zero-order valence-corrected chi connectivity index (χ0v) is 9.11. The Labute approximate surface area is 95.6 Å². The molecule has 0 atom stereocenters. The minimum atomic E-state index is -5.39. The van der Waals surface area contributed by atoms with Crippen LogP contribution < -0.4 is 14.7 Å². The molecule has 0 aromatic carbocycles. The summed E-state index contributed by atoms with van der Waals surface area (Å²) in [6.45, 7) is 0. The summed E-state index contributed by atoms with van der Waals surface area (Å²) in [4.78, 5) is 25.6. The monoisotopic (exact) mass is 325 g/mol. The van der Waals surface area contributed by atoms with E-state index in [1.165, 1.54) is 0 Å². The van der Waals surface area contributed by atoms with Crippen molar-refractivity contribution in [3.63, 3.8) is 0 Å². The molecule has 73 valence electrons. The zero-order valence-electron chi connectivity index (χ0n) is 5.08. The third kappa shape index (κ3) is 588. The van der Waals surface area contributed by atoms with Crippen molar-refractivity contribution in [2.45, 2.75) is 0 Å². The number of rotatable bonds is 0. The van der Waals surface area contributed by atoms with Gasteiger partial charge in [0.25, 0.3) is 0 Å². The second-order valence-corrected chi connectivity index (χ2v) is 1.34. The molecule has 0 aliphatic carbocycles. The molecule has 0 spiro atoms. The molecule has 0 aliphatic rings. The molecule has 0 unspecified atom stereocenters. The van der Waals surface area contributed by atoms with Crippen LogP contribution in [0.25, 0.3) is 0 Å². The van der Waals surface area contributed by atoms with E-state index in [9.17, 15) is 0 Å². The maximum atomic E-state index is 8.55. The summed E-state index contributed by atoms with van der Waals surface area (Å²) in [5, 5.41) is 0. The SMILES string of the molecule is O.O.O.O.O.O=P([O-])([O-])[O-].[Ce+3]. The third-order valence-electron chi connectivity index (χ3n) is 0. The van der Waals surface area contributed by atoms with Crippen LogP contribution in [0.5, 0.6) is 0 Å². The van der Waals surface area contributed by atoms with Gasteiger partial charge in [0.05, 0.1) is 0 Å². The Kier molecular flexibility index (Phi) is 115. The first-order chi connectivity index (χ1) is 2.00. The van der Waals surface area contributed by atoms with E-state index in [-0.39, 0.29) is 69.1 Å². The van der Waals surface area contributed by atoms with Gasteiger partial charge in [0, 0.05) is 0 Å². The van der Waals surface area contributed by atoms with E-state index in [2.05, 4.69) is 0 Å². The largest absolute Gasteiger partial charge is 3.00 e. The van der Waals surface area contributed by atoms with Crippen LogP contribution in [0.15, 0.2) is 0 Å². The number of hydrogen-bond acceptors (Lipinski definition) is 4. The van der Waals surface area contributed by atoms with Gasteiger partial charge >= 0.3 is 41.7 Å². The molecule has 11 heteroatoms. The van der Waals surface area contributed by atoms with Crippen LogP contribution in [-0.4, -0.2) is 27.4 Å². The minimum absolute atomic E-state index is 0. The summed E-state index contributed by atoms with van der Waals surface area (Å²) in [6.07, 6.45) is 0. The molecule has 0 saturated carbocycles. The molecule has 0 saturated heterocycles. The minimum Gasteiger partial charge on any atom is -0.822 e. The van der Waals surface area contributed by atoms with Crippen molar-refractivity contribution >= 4 is 7.82 Å². The van der Waals surface area contributed by atoms with Crippen molar-refractivity contribution in [3.8, 4) is 0 Å². The summed E-state index contributed by atoms with van der Waals surface area (Å²) in [5.74, 6) is 0. The molecule has 1 radical (unpaired) electrons. The first kappa shape index (κ1) is 56.0. The van der Waals surface area contributed by atoms with Crippen LogP contribution >= 0.6 is 7.82 Å². The van der Waals surface area contributed by atoms with Crippen LogP contribution in [0.4, 0.5) is 0 Å². The van der Waals surface area contributed by atoms with Crippen LogP contribution in [0, 0.1) is 41.7 Å². The second-order valence-electron chi connectivity index (χ2n) is 0.447. The molecule has 11 heavy (non-hydrogen) atoms. The second kappa shape index (κ2) is 22.5. The van der Waals surface area contributed by atoms with E-state index in [0.717, 1.165) is 0 Å². The Morgan fingerprint density at radius 3 is 0.727 bits per heavy atom. The van der Waals surface area contributed by atoms with Gasteiger partial charge in [-0.3, -0.25) is 0 Å². The quantitative estimate of drug-likeness (QED) is 0.393. The Morgan fingerprint density at radius 1 is 0.727 bits per heavy atom. The van der Waals surface area contributed by atoms with E-state index in [0.29, 0.717) is 0 Å². The van der Waals surface area contributed by atoms with Gasteiger partial charge in [0.15, 0.2) is 0 Å². The van der Waals surface area contributed by atoms with Crippen molar-refractivity contribution in [2.75, 3.05) is 0 Å². The van der Waals surface area contributed by atoms with Gasteiger partial charge in [-0.2, -0.15) is 7.82 Å². The van der Waals surface area contributed by atoms with Gasteiger partial charge in [0.2, 0.25) is 0 Å². The number of phosphoric acid groups is 1. The first-order valence-electron chi connectivity index (χ1n) is 0.730. The van der Waals surface area contributed by atoms with Crippen LogP contribution in [-0.2, 0) is 4.57 Å². The van der Waals surface area contributed by atoms with Crippen LogP contribution in [0.1, 0.15) is 0 Å². The van der Waals surface area contributed by atoms with Gasteiger partial charge < -0.3 is 46.6 Å². The van der Waals surface area contributed by atoms with Crippen molar-refractivity contribution in [1.82, 2.24) is 0 Å². The van der Waals surface area contributed by atoms with Crippen molar-refractivity contribution in [2.24, 2.45) is 0 Å². The average molecular weight is 325 g/mol. The van der Waals surface area contributed by atoms with E-state index in [4.69, 9.17) is 19.2 Å². The van der Waals surface area contributed by atoms with E-state index < -0.39 is 7.82 Å². The summed E-state index contributed by atoms with van der Waals surface area (Å²) in [6, 6.07) is 0. The Bertz CT molecular complexity index is 55.7. The van der Waals surface area contributed by atoms with Gasteiger partial charge in [-0.25, -0.2) is 0 Å². The molecule has 0 fully saturated rings. The topological polar surface area (TPSA) is 244 Å². The van der Waals surface area contributed by atoms with Crippen LogP contribution in [0.3, 0.4) is 0 Å². The fourth-order valence-corrected chi connectivity index (χ4v) is 0. The third-order valence-corrected chi connectivity index (χ3v) is 0. The fourth-order valence-electron chi connectivity index (χ4n) is 0. The molecule has 0 aromatic rings. The van der Waals surface area contributed by atoms with E-state index in [1.807, 2.05) is 0 Å². The van der Waals surface area contributed by atoms with Gasteiger partial charge in [-0.1, -0.05) is 0 Å². The molecular weight excluding hydrogens is 315 g/mol.